The zero-order valence-electron chi connectivity index (χ0n) is 22.3. The summed E-state index contributed by atoms with van der Waals surface area (Å²) in [5.74, 6) is -0.625. The predicted molar refractivity (Wildman–Crippen MR) is 140 cm³/mol. The summed E-state index contributed by atoms with van der Waals surface area (Å²) in [5, 5.41) is 19.4. The molecule has 7 heteroatoms. The van der Waals surface area contributed by atoms with Gasteiger partial charge in [-0.1, -0.05) is 44.2 Å². The Bertz CT molecular complexity index is 988. The van der Waals surface area contributed by atoms with Gasteiger partial charge in [0.1, 0.15) is 0 Å². The first-order chi connectivity index (χ1) is 17.2. The van der Waals surface area contributed by atoms with E-state index in [0.29, 0.717) is 29.7 Å². The maximum atomic E-state index is 13.2. The molecule has 2 aromatic rings. The Hall–Kier alpha value is -2.74. The summed E-state index contributed by atoms with van der Waals surface area (Å²) in [4.78, 5) is 27.2. The number of methoxy groups -OCH3 is 1. The van der Waals surface area contributed by atoms with Crippen LogP contribution in [0.5, 0.6) is 0 Å². The van der Waals surface area contributed by atoms with Crippen molar-refractivity contribution in [3.63, 3.8) is 0 Å². The average molecular weight is 500 g/mol. The molecule has 0 aliphatic rings. The second kappa shape index (κ2) is 14.1. The quantitative estimate of drug-likeness (QED) is 0.381. The Morgan fingerprint density at radius 2 is 1.67 bits per heavy atom. The molecule has 0 aliphatic carbocycles. The van der Waals surface area contributed by atoms with E-state index in [2.05, 4.69) is 11.9 Å². The molecule has 2 aromatic carbocycles. The zero-order chi connectivity index (χ0) is 26.7. The van der Waals surface area contributed by atoms with Crippen LogP contribution in [-0.2, 0) is 39.3 Å². The van der Waals surface area contributed by atoms with Gasteiger partial charge in [-0.25, -0.2) is 4.79 Å². The Morgan fingerprint density at radius 1 is 1.00 bits per heavy atom. The van der Waals surface area contributed by atoms with Crippen molar-refractivity contribution in [2.75, 3.05) is 33.9 Å². The predicted octanol–water partition coefficient (Wildman–Crippen LogP) is 3.87. The minimum atomic E-state index is -0.851. The van der Waals surface area contributed by atoms with Gasteiger partial charge in [0.05, 0.1) is 37.9 Å². The molecule has 0 fully saturated rings. The van der Waals surface area contributed by atoms with Gasteiger partial charge in [0.25, 0.3) is 0 Å². The van der Waals surface area contributed by atoms with E-state index in [1.807, 2.05) is 38.1 Å². The Kier molecular flexibility index (Phi) is 11.6. The molecule has 0 saturated carbocycles. The number of carbonyl (C=O) groups is 2. The van der Waals surface area contributed by atoms with Crippen LogP contribution in [0.3, 0.4) is 0 Å². The van der Waals surface area contributed by atoms with E-state index >= 15 is 0 Å². The minimum Gasteiger partial charge on any atom is -0.468 e. The smallest absolute Gasteiger partial charge is 0.338 e. The molecule has 1 unspecified atom stereocenters. The molecule has 36 heavy (non-hydrogen) atoms. The highest BCUT2D eigenvalue weighted by Gasteiger charge is 2.44. The number of rotatable bonds is 14. The highest BCUT2D eigenvalue weighted by molar-refractivity contribution is 5.89. The van der Waals surface area contributed by atoms with Crippen molar-refractivity contribution in [3.05, 3.63) is 70.3 Å². The first kappa shape index (κ1) is 29.5. The van der Waals surface area contributed by atoms with Gasteiger partial charge in [-0.3, -0.25) is 4.79 Å². The van der Waals surface area contributed by atoms with Crippen molar-refractivity contribution in [3.8, 4) is 0 Å². The number of nitrogens with zero attached hydrogens (tertiary/aromatic N) is 1. The average Bonchev–Trinajstić information content (AvgIpc) is 2.89. The fourth-order valence-corrected chi connectivity index (χ4v) is 4.69. The van der Waals surface area contributed by atoms with E-state index in [-0.39, 0.29) is 31.1 Å². The summed E-state index contributed by atoms with van der Waals surface area (Å²) in [5.41, 5.74) is 2.92. The number of hydrogen-bond acceptors (Lipinski definition) is 7. The summed E-state index contributed by atoms with van der Waals surface area (Å²) >= 11 is 0. The molecular formula is C29H41NO6. The van der Waals surface area contributed by atoms with Gasteiger partial charge in [0.15, 0.2) is 0 Å². The summed E-state index contributed by atoms with van der Waals surface area (Å²) in [6, 6.07) is 13.0. The standard InChI is InChI=1S/C29H41NO6/c1-6-36-27(33)23-10-8-22(9-11-23)14-17-30(4)16-7-15-29(21(2)3,28(34)35-5)26-13-12-24(19-31)25(18-26)20-32/h8-13,18,21,31-32H,6-7,14-17,19-20H2,1-5H3. The van der Waals surface area contributed by atoms with E-state index < -0.39 is 5.41 Å². The lowest BCUT2D eigenvalue weighted by Gasteiger charge is -2.36. The van der Waals surface area contributed by atoms with Crippen LogP contribution in [0.2, 0.25) is 0 Å². The first-order valence-electron chi connectivity index (χ1n) is 12.6. The number of likely N-dealkylation sites (N-methyl/N-ethyl adjacent to an activating group) is 1. The van der Waals surface area contributed by atoms with E-state index in [9.17, 15) is 19.8 Å². The number of carbonyl (C=O) groups excluding carboxylic acids is 2. The summed E-state index contributed by atoms with van der Waals surface area (Å²) in [7, 11) is 3.47. The molecule has 0 amide bonds. The SMILES string of the molecule is CCOC(=O)c1ccc(CCN(C)CCCC(C(=O)OC)(c2ccc(CO)c(CO)c2)C(C)C)cc1. The molecule has 2 N–H and O–H groups in total. The molecule has 2 rings (SSSR count). The lowest BCUT2D eigenvalue weighted by molar-refractivity contribution is -0.150. The van der Waals surface area contributed by atoms with Gasteiger partial charge in [0.2, 0.25) is 0 Å². The first-order valence-corrected chi connectivity index (χ1v) is 12.6. The molecule has 0 spiro atoms. The van der Waals surface area contributed by atoms with E-state index in [4.69, 9.17) is 9.47 Å². The third-order valence-electron chi connectivity index (χ3n) is 6.96. The molecule has 0 heterocycles. The van der Waals surface area contributed by atoms with Gasteiger partial charge < -0.3 is 24.6 Å². The second-order valence-electron chi connectivity index (χ2n) is 9.49. The van der Waals surface area contributed by atoms with Crippen molar-refractivity contribution in [1.29, 1.82) is 0 Å². The number of ether oxygens (including phenoxy) is 2. The molecule has 0 aromatic heterocycles. The highest BCUT2D eigenvalue weighted by Crippen LogP contribution is 2.39. The maximum Gasteiger partial charge on any atom is 0.338 e. The molecule has 198 valence electrons. The highest BCUT2D eigenvalue weighted by atomic mass is 16.5. The molecule has 1 atom stereocenters. The molecule has 0 bridgehead atoms. The van der Waals surface area contributed by atoms with Gasteiger partial charge >= 0.3 is 11.9 Å². The molecule has 0 aliphatic heterocycles. The van der Waals surface area contributed by atoms with Gasteiger partial charge in [0, 0.05) is 6.54 Å². The molecule has 0 radical (unpaired) electrons. The Labute approximate surface area is 215 Å². The van der Waals surface area contributed by atoms with Crippen LogP contribution < -0.4 is 0 Å². The minimum absolute atomic E-state index is 0.0281. The van der Waals surface area contributed by atoms with E-state index in [1.165, 1.54) is 7.11 Å². The lowest BCUT2D eigenvalue weighted by Crippen LogP contribution is -2.42. The molecular weight excluding hydrogens is 458 g/mol. The van der Waals surface area contributed by atoms with Crippen LogP contribution in [0, 0.1) is 5.92 Å². The van der Waals surface area contributed by atoms with Crippen LogP contribution in [0.15, 0.2) is 42.5 Å². The number of hydrogen-bond donors (Lipinski definition) is 2. The summed E-state index contributed by atoms with van der Waals surface area (Å²) in [6.45, 7) is 7.44. The van der Waals surface area contributed by atoms with Crippen molar-refractivity contribution < 1.29 is 29.3 Å². The summed E-state index contributed by atoms with van der Waals surface area (Å²) in [6.07, 6.45) is 2.22. The summed E-state index contributed by atoms with van der Waals surface area (Å²) < 4.78 is 10.3. The molecule has 7 nitrogen and oxygen atoms in total. The fraction of sp³-hybridized carbons (Fsp3) is 0.517. The number of esters is 2. The lowest BCUT2D eigenvalue weighted by atomic mass is 9.68. The van der Waals surface area contributed by atoms with Crippen LogP contribution in [0.4, 0.5) is 0 Å². The third kappa shape index (κ3) is 7.15. The van der Waals surface area contributed by atoms with Crippen LogP contribution in [0.25, 0.3) is 0 Å². The number of benzene rings is 2. The van der Waals surface area contributed by atoms with Crippen molar-refractivity contribution in [2.45, 2.75) is 58.7 Å². The Morgan fingerprint density at radius 3 is 2.22 bits per heavy atom. The van der Waals surface area contributed by atoms with E-state index in [1.54, 1.807) is 25.1 Å². The number of aliphatic hydroxyl groups excluding tert-OH is 2. The zero-order valence-corrected chi connectivity index (χ0v) is 22.3. The second-order valence-corrected chi connectivity index (χ2v) is 9.49. The fourth-order valence-electron chi connectivity index (χ4n) is 4.69. The topological polar surface area (TPSA) is 96.3 Å². The van der Waals surface area contributed by atoms with Crippen molar-refractivity contribution in [1.82, 2.24) is 4.90 Å². The number of aliphatic hydroxyl groups is 2. The van der Waals surface area contributed by atoms with Crippen LogP contribution in [-0.4, -0.2) is 60.9 Å². The largest absolute Gasteiger partial charge is 0.468 e. The van der Waals surface area contributed by atoms with Gasteiger partial charge in [-0.05, 0) is 80.1 Å². The van der Waals surface area contributed by atoms with Crippen molar-refractivity contribution >= 4 is 11.9 Å². The van der Waals surface area contributed by atoms with Crippen LogP contribution >= 0.6 is 0 Å². The van der Waals surface area contributed by atoms with Gasteiger partial charge in [-0.2, -0.15) is 0 Å². The monoisotopic (exact) mass is 499 g/mol. The third-order valence-corrected chi connectivity index (χ3v) is 6.96. The Balaban J connectivity index is 2.06. The van der Waals surface area contributed by atoms with Crippen molar-refractivity contribution in [2.24, 2.45) is 5.92 Å². The molecule has 0 saturated heterocycles. The van der Waals surface area contributed by atoms with Gasteiger partial charge in [-0.15, -0.1) is 0 Å². The van der Waals surface area contributed by atoms with Crippen LogP contribution in [0.1, 0.15) is 66.2 Å². The normalized spacial score (nSPS) is 13.0. The van der Waals surface area contributed by atoms with E-state index in [0.717, 1.165) is 37.1 Å². The maximum absolute atomic E-state index is 13.2.